The molecule has 1 aliphatic rings. The van der Waals surface area contributed by atoms with Gasteiger partial charge in [0.2, 0.25) is 0 Å². The van der Waals surface area contributed by atoms with E-state index in [9.17, 15) is 9.59 Å². The molecule has 0 saturated carbocycles. The van der Waals surface area contributed by atoms with Crippen LogP contribution in [-0.2, 0) is 9.47 Å². The number of carbonyl (C=O) groups is 2. The molecule has 1 heterocycles. The second-order valence-electron chi connectivity index (χ2n) is 4.69. The van der Waals surface area contributed by atoms with Crippen molar-refractivity contribution in [1.29, 1.82) is 0 Å². The number of thioether (sulfide) groups is 1. The van der Waals surface area contributed by atoms with Crippen molar-refractivity contribution < 1.29 is 19.1 Å². The largest absolute Gasteiger partial charge is 0.443 e. The van der Waals surface area contributed by atoms with E-state index in [4.69, 9.17) is 9.47 Å². The van der Waals surface area contributed by atoms with Gasteiger partial charge in [0.1, 0.15) is 11.7 Å². The average Bonchev–Trinajstić information content (AvgIpc) is 2.44. The zero-order valence-corrected chi connectivity index (χ0v) is 11.3. The summed E-state index contributed by atoms with van der Waals surface area (Å²) in [5.74, 6) is 0.707. The molecule has 0 bridgehead atoms. The Hall–Kier alpha value is -1.11. The molecule has 7 heteroatoms. The molecular formula is C10H18N2O4S. The van der Waals surface area contributed by atoms with Crippen molar-refractivity contribution in [3.05, 3.63) is 0 Å². The van der Waals surface area contributed by atoms with Crippen LogP contribution in [0.4, 0.5) is 9.59 Å². The van der Waals surface area contributed by atoms with Gasteiger partial charge in [-0.1, -0.05) is 0 Å². The van der Waals surface area contributed by atoms with E-state index >= 15 is 0 Å². The van der Waals surface area contributed by atoms with Crippen molar-refractivity contribution in [3.8, 4) is 0 Å². The number of rotatable bonds is 3. The standard InChI is InChI=1S/C10H18N2O4S/c1-10(2,3)16-8(13)11-12-5-7(6-17-4)15-9(12)14/h7H,5-6H2,1-4H3,(H,11,13)/t7-/m1/s1. The predicted octanol–water partition coefficient (Wildman–Crippen LogP) is 1.61. The average molecular weight is 262 g/mol. The quantitative estimate of drug-likeness (QED) is 0.837. The van der Waals surface area contributed by atoms with Crippen LogP contribution in [0.5, 0.6) is 0 Å². The first-order valence-corrected chi connectivity index (χ1v) is 6.68. The van der Waals surface area contributed by atoms with Gasteiger partial charge in [-0.25, -0.2) is 20.0 Å². The third kappa shape index (κ3) is 4.72. The summed E-state index contributed by atoms with van der Waals surface area (Å²) >= 11 is 1.58. The maximum atomic E-state index is 11.4. The smallest absolute Gasteiger partial charge is 0.429 e. The van der Waals surface area contributed by atoms with E-state index in [2.05, 4.69) is 5.43 Å². The van der Waals surface area contributed by atoms with Gasteiger partial charge in [0.25, 0.3) is 0 Å². The van der Waals surface area contributed by atoms with E-state index in [1.807, 2.05) is 6.26 Å². The number of carbonyl (C=O) groups excluding carboxylic acids is 2. The Morgan fingerprint density at radius 3 is 2.82 bits per heavy atom. The van der Waals surface area contributed by atoms with Gasteiger partial charge in [-0.3, -0.25) is 0 Å². The van der Waals surface area contributed by atoms with Crippen LogP contribution in [0.1, 0.15) is 20.8 Å². The first-order valence-electron chi connectivity index (χ1n) is 5.28. The highest BCUT2D eigenvalue weighted by molar-refractivity contribution is 7.98. The van der Waals surface area contributed by atoms with Crippen LogP contribution in [0.15, 0.2) is 0 Å². The van der Waals surface area contributed by atoms with Crippen LogP contribution >= 0.6 is 11.8 Å². The lowest BCUT2D eigenvalue weighted by atomic mass is 10.2. The summed E-state index contributed by atoms with van der Waals surface area (Å²) in [5, 5.41) is 1.13. The second kappa shape index (κ2) is 5.48. The van der Waals surface area contributed by atoms with E-state index in [-0.39, 0.29) is 6.10 Å². The van der Waals surface area contributed by atoms with Gasteiger partial charge in [-0.2, -0.15) is 11.8 Å². The molecule has 2 amide bonds. The molecule has 0 aromatic carbocycles. The van der Waals surface area contributed by atoms with Crippen LogP contribution < -0.4 is 5.43 Å². The summed E-state index contributed by atoms with van der Waals surface area (Å²) < 4.78 is 10.1. The van der Waals surface area contributed by atoms with E-state index in [1.165, 1.54) is 0 Å². The molecule has 0 aliphatic carbocycles. The fourth-order valence-electron chi connectivity index (χ4n) is 1.30. The molecule has 1 aliphatic heterocycles. The van der Waals surface area contributed by atoms with E-state index in [0.29, 0.717) is 12.3 Å². The zero-order chi connectivity index (χ0) is 13.1. The van der Waals surface area contributed by atoms with Crippen molar-refractivity contribution in [1.82, 2.24) is 10.4 Å². The topological polar surface area (TPSA) is 67.9 Å². The molecule has 1 fully saturated rings. The Kier molecular flexibility index (Phi) is 4.50. The maximum absolute atomic E-state index is 11.4. The SMILES string of the molecule is CSC[C@H]1CN(NC(=O)OC(C)(C)C)C(=O)O1. The Balaban J connectivity index is 2.42. The van der Waals surface area contributed by atoms with Crippen LogP contribution in [0, 0.1) is 0 Å². The summed E-state index contributed by atoms with van der Waals surface area (Å²) in [5.41, 5.74) is 1.77. The normalized spacial score (nSPS) is 20.1. The molecule has 0 spiro atoms. The number of hydrogen-bond donors (Lipinski definition) is 1. The third-order valence-electron chi connectivity index (χ3n) is 1.85. The van der Waals surface area contributed by atoms with Gasteiger partial charge in [0.05, 0.1) is 6.54 Å². The summed E-state index contributed by atoms with van der Waals surface area (Å²) in [6, 6.07) is 0. The maximum Gasteiger partial charge on any atom is 0.429 e. The monoisotopic (exact) mass is 262 g/mol. The first-order chi connectivity index (χ1) is 7.81. The van der Waals surface area contributed by atoms with Gasteiger partial charge in [0.15, 0.2) is 0 Å². The molecule has 1 atom stereocenters. The second-order valence-corrected chi connectivity index (χ2v) is 5.60. The van der Waals surface area contributed by atoms with Crippen LogP contribution in [0.25, 0.3) is 0 Å². The molecule has 0 aromatic heterocycles. The van der Waals surface area contributed by atoms with E-state index < -0.39 is 17.8 Å². The minimum absolute atomic E-state index is 0.188. The Bertz CT molecular complexity index is 303. The van der Waals surface area contributed by atoms with Crippen molar-refractivity contribution in [2.45, 2.75) is 32.5 Å². The first kappa shape index (κ1) is 14.0. The molecule has 0 radical (unpaired) electrons. The minimum Gasteiger partial charge on any atom is -0.443 e. The summed E-state index contributed by atoms with van der Waals surface area (Å²) in [7, 11) is 0. The number of amides is 2. The van der Waals surface area contributed by atoms with Crippen LogP contribution in [0.3, 0.4) is 0 Å². The number of nitrogens with one attached hydrogen (secondary N) is 1. The van der Waals surface area contributed by atoms with Crippen molar-refractivity contribution >= 4 is 23.9 Å². The highest BCUT2D eigenvalue weighted by Gasteiger charge is 2.33. The van der Waals surface area contributed by atoms with Crippen molar-refractivity contribution in [2.75, 3.05) is 18.6 Å². The summed E-state index contributed by atoms with van der Waals surface area (Å²) in [4.78, 5) is 22.8. The van der Waals surface area contributed by atoms with Crippen LogP contribution in [-0.4, -0.2) is 47.5 Å². The number of ether oxygens (including phenoxy) is 2. The minimum atomic E-state index is -0.653. The van der Waals surface area contributed by atoms with E-state index in [0.717, 1.165) is 5.01 Å². The molecule has 0 unspecified atom stereocenters. The van der Waals surface area contributed by atoms with Gasteiger partial charge in [0, 0.05) is 5.75 Å². The van der Waals surface area contributed by atoms with Crippen molar-refractivity contribution in [3.63, 3.8) is 0 Å². The van der Waals surface area contributed by atoms with Gasteiger partial charge >= 0.3 is 12.2 Å². The van der Waals surface area contributed by atoms with Gasteiger partial charge in [-0.15, -0.1) is 0 Å². The molecule has 1 N–H and O–H groups in total. The molecule has 1 rings (SSSR count). The fourth-order valence-corrected chi connectivity index (χ4v) is 1.84. The number of hydrogen-bond acceptors (Lipinski definition) is 5. The number of hydrazine groups is 1. The lowest BCUT2D eigenvalue weighted by Gasteiger charge is -2.22. The third-order valence-corrected chi connectivity index (χ3v) is 2.56. The lowest BCUT2D eigenvalue weighted by Crippen LogP contribution is -2.45. The highest BCUT2D eigenvalue weighted by atomic mass is 32.2. The molecule has 17 heavy (non-hydrogen) atoms. The Morgan fingerprint density at radius 2 is 2.29 bits per heavy atom. The summed E-state index contributed by atoms with van der Waals surface area (Å²) in [6.45, 7) is 5.61. The zero-order valence-electron chi connectivity index (χ0n) is 10.5. The van der Waals surface area contributed by atoms with Crippen molar-refractivity contribution in [2.24, 2.45) is 0 Å². The number of nitrogens with zero attached hydrogens (tertiary/aromatic N) is 1. The fraction of sp³-hybridized carbons (Fsp3) is 0.800. The molecule has 6 nitrogen and oxygen atoms in total. The molecule has 0 aromatic rings. The predicted molar refractivity (Wildman–Crippen MR) is 64.7 cm³/mol. The van der Waals surface area contributed by atoms with Crippen LogP contribution in [0.2, 0.25) is 0 Å². The molecule has 98 valence electrons. The van der Waals surface area contributed by atoms with Gasteiger partial charge in [-0.05, 0) is 27.0 Å². The number of cyclic esters (lactones) is 1. The van der Waals surface area contributed by atoms with E-state index in [1.54, 1.807) is 32.5 Å². The van der Waals surface area contributed by atoms with Gasteiger partial charge < -0.3 is 9.47 Å². The molecular weight excluding hydrogens is 244 g/mol. The Labute approximate surface area is 105 Å². The summed E-state index contributed by atoms with van der Waals surface area (Å²) in [6.07, 6.45) is 0.541. The Morgan fingerprint density at radius 1 is 1.65 bits per heavy atom. The highest BCUT2D eigenvalue weighted by Crippen LogP contribution is 2.13. The molecule has 1 saturated heterocycles. The lowest BCUT2D eigenvalue weighted by molar-refractivity contribution is 0.0389.